The second-order valence-electron chi connectivity index (χ2n) is 3.79. The Morgan fingerprint density at radius 3 is 2.42 bits per heavy atom. The first-order chi connectivity index (χ1) is 8.97. The van der Waals surface area contributed by atoms with Crippen LogP contribution >= 0.6 is 0 Å². The minimum Gasteiger partial charge on any atom is -0.378 e. The smallest absolute Gasteiger partial charge is 0.378 e. The molecule has 1 N–H and O–H groups in total. The molecule has 1 heterocycles. The third-order valence-electron chi connectivity index (χ3n) is 2.39. The quantitative estimate of drug-likeness (QED) is 0.871. The van der Waals surface area contributed by atoms with Gasteiger partial charge in [-0.05, 0) is 17.7 Å². The summed E-state index contributed by atoms with van der Waals surface area (Å²) < 4.78 is 50.6. The predicted molar refractivity (Wildman–Crippen MR) is 60.8 cm³/mol. The maximum absolute atomic E-state index is 13.1. The van der Waals surface area contributed by atoms with Gasteiger partial charge in [-0.3, -0.25) is 0 Å². The highest BCUT2D eigenvalue weighted by molar-refractivity contribution is 5.39. The van der Waals surface area contributed by atoms with Crippen molar-refractivity contribution in [2.75, 3.05) is 5.32 Å². The Morgan fingerprint density at radius 2 is 1.79 bits per heavy atom. The fraction of sp³-hybridized carbons (Fsp3) is 0.167. The van der Waals surface area contributed by atoms with Crippen molar-refractivity contribution in [3.63, 3.8) is 0 Å². The molecule has 0 saturated carbocycles. The Kier molecular flexibility index (Phi) is 3.64. The van der Waals surface area contributed by atoms with Crippen molar-refractivity contribution < 1.29 is 17.6 Å². The normalized spacial score (nSPS) is 11.4. The molecule has 100 valence electrons. The molecule has 2 rings (SSSR count). The highest BCUT2D eigenvalue weighted by Crippen LogP contribution is 2.31. The van der Waals surface area contributed by atoms with Crippen LogP contribution in [0.4, 0.5) is 23.2 Å². The van der Waals surface area contributed by atoms with Gasteiger partial charge in [-0.25, -0.2) is 14.4 Å². The number of aromatic nitrogens is 2. The van der Waals surface area contributed by atoms with Gasteiger partial charge >= 0.3 is 6.18 Å². The number of benzene rings is 1. The monoisotopic (exact) mass is 271 g/mol. The van der Waals surface area contributed by atoms with Gasteiger partial charge < -0.3 is 5.32 Å². The van der Waals surface area contributed by atoms with E-state index in [1.807, 2.05) is 0 Å². The average Bonchev–Trinajstić information content (AvgIpc) is 2.37. The molecule has 2 aromatic rings. The van der Waals surface area contributed by atoms with Crippen molar-refractivity contribution in [3.05, 3.63) is 53.9 Å². The van der Waals surface area contributed by atoms with Crippen molar-refractivity contribution in [2.45, 2.75) is 12.7 Å². The van der Waals surface area contributed by atoms with E-state index >= 15 is 0 Å². The fourth-order valence-corrected chi connectivity index (χ4v) is 1.49. The van der Waals surface area contributed by atoms with Crippen LogP contribution in [0.1, 0.15) is 11.1 Å². The van der Waals surface area contributed by atoms with E-state index in [0.29, 0.717) is 11.3 Å². The number of hydrogen-bond donors (Lipinski definition) is 1. The first-order valence-corrected chi connectivity index (χ1v) is 5.31. The number of alkyl halides is 3. The zero-order valence-corrected chi connectivity index (χ0v) is 9.58. The minimum atomic E-state index is -4.70. The Morgan fingerprint density at radius 1 is 1.11 bits per heavy atom. The topological polar surface area (TPSA) is 37.8 Å². The zero-order chi connectivity index (χ0) is 13.9. The van der Waals surface area contributed by atoms with E-state index in [1.165, 1.54) is 24.8 Å². The molecular weight excluding hydrogens is 262 g/mol. The lowest BCUT2D eigenvalue weighted by atomic mass is 10.1. The summed E-state index contributed by atoms with van der Waals surface area (Å²) in [6.45, 7) is 0.122. The number of nitrogens with zero attached hydrogens (tertiary/aromatic N) is 2. The first kappa shape index (κ1) is 13.3. The van der Waals surface area contributed by atoms with E-state index in [0.717, 1.165) is 12.1 Å². The Hall–Kier alpha value is -2.18. The number of anilines is 1. The molecular formula is C12H9F4N3. The molecule has 0 radical (unpaired) electrons. The minimum absolute atomic E-state index is 0.122. The van der Waals surface area contributed by atoms with Crippen molar-refractivity contribution in [1.82, 2.24) is 9.97 Å². The second-order valence-corrected chi connectivity index (χ2v) is 3.79. The standard InChI is InChI=1S/C12H9F4N3/c13-11-2-1-8(3-10(11)12(14,15)16)4-19-9-5-17-7-18-6-9/h1-3,5-7,19H,4H2. The Bertz CT molecular complexity index is 555. The third-order valence-corrected chi connectivity index (χ3v) is 2.39. The van der Waals surface area contributed by atoms with Crippen LogP contribution in [0.25, 0.3) is 0 Å². The van der Waals surface area contributed by atoms with Crippen molar-refractivity contribution in [3.8, 4) is 0 Å². The summed E-state index contributed by atoms with van der Waals surface area (Å²) in [4.78, 5) is 7.51. The highest BCUT2D eigenvalue weighted by atomic mass is 19.4. The van der Waals surface area contributed by atoms with E-state index in [9.17, 15) is 17.6 Å². The van der Waals surface area contributed by atoms with Crippen molar-refractivity contribution in [1.29, 1.82) is 0 Å². The van der Waals surface area contributed by atoms with E-state index in [4.69, 9.17) is 0 Å². The van der Waals surface area contributed by atoms with Gasteiger partial charge in [-0.1, -0.05) is 6.07 Å². The molecule has 19 heavy (non-hydrogen) atoms. The maximum atomic E-state index is 13.1. The van der Waals surface area contributed by atoms with Crippen LogP contribution in [-0.4, -0.2) is 9.97 Å². The van der Waals surface area contributed by atoms with Crippen LogP contribution in [-0.2, 0) is 12.7 Å². The largest absolute Gasteiger partial charge is 0.419 e. The second kappa shape index (κ2) is 5.21. The van der Waals surface area contributed by atoms with Crippen molar-refractivity contribution >= 4 is 5.69 Å². The van der Waals surface area contributed by atoms with Gasteiger partial charge in [0.25, 0.3) is 0 Å². The summed E-state index contributed by atoms with van der Waals surface area (Å²) in [5.74, 6) is -1.28. The van der Waals surface area contributed by atoms with Gasteiger partial charge in [0.05, 0.1) is 23.6 Å². The van der Waals surface area contributed by atoms with Gasteiger partial charge in [-0.2, -0.15) is 13.2 Å². The molecule has 0 aliphatic rings. The van der Waals surface area contributed by atoms with Crippen LogP contribution in [0, 0.1) is 5.82 Å². The van der Waals surface area contributed by atoms with E-state index in [-0.39, 0.29) is 6.54 Å². The highest BCUT2D eigenvalue weighted by Gasteiger charge is 2.34. The summed E-state index contributed by atoms with van der Waals surface area (Å²) in [5, 5.41) is 2.84. The van der Waals surface area contributed by atoms with Crippen LogP contribution < -0.4 is 5.32 Å². The van der Waals surface area contributed by atoms with Crippen LogP contribution in [0.3, 0.4) is 0 Å². The van der Waals surface area contributed by atoms with Crippen LogP contribution in [0.2, 0.25) is 0 Å². The van der Waals surface area contributed by atoms with Gasteiger partial charge in [-0.15, -0.1) is 0 Å². The lowest BCUT2D eigenvalue weighted by Crippen LogP contribution is -2.10. The molecule has 1 aromatic carbocycles. The summed E-state index contributed by atoms with van der Waals surface area (Å²) in [6, 6.07) is 2.88. The molecule has 0 aliphatic heterocycles. The third kappa shape index (κ3) is 3.40. The Balaban J connectivity index is 2.14. The van der Waals surface area contributed by atoms with Gasteiger partial charge in [0.15, 0.2) is 0 Å². The van der Waals surface area contributed by atoms with Gasteiger partial charge in [0.1, 0.15) is 12.1 Å². The molecule has 0 bridgehead atoms. The maximum Gasteiger partial charge on any atom is 0.419 e. The summed E-state index contributed by atoms with van der Waals surface area (Å²) in [7, 11) is 0. The molecule has 0 saturated heterocycles. The number of hydrogen-bond acceptors (Lipinski definition) is 3. The SMILES string of the molecule is Fc1ccc(CNc2cncnc2)cc1C(F)(F)F. The van der Waals surface area contributed by atoms with Crippen LogP contribution in [0.5, 0.6) is 0 Å². The predicted octanol–water partition coefficient (Wildman–Crippen LogP) is 3.25. The molecule has 7 heteroatoms. The van der Waals surface area contributed by atoms with E-state index < -0.39 is 17.6 Å². The van der Waals surface area contributed by atoms with E-state index in [1.54, 1.807) is 0 Å². The summed E-state index contributed by atoms with van der Waals surface area (Å²) in [6.07, 6.45) is -0.386. The molecule has 0 spiro atoms. The lowest BCUT2D eigenvalue weighted by molar-refractivity contribution is -0.140. The number of rotatable bonds is 3. The zero-order valence-electron chi connectivity index (χ0n) is 9.58. The van der Waals surface area contributed by atoms with Gasteiger partial charge in [0, 0.05) is 6.54 Å². The molecule has 1 aromatic heterocycles. The first-order valence-electron chi connectivity index (χ1n) is 5.31. The summed E-state index contributed by atoms with van der Waals surface area (Å²) >= 11 is 0. The Labute approximate surface area is 106 Å². The number of nitrogens with one attached hydrogen (secondary N) is 1. The number of halogens is 4. The van der Waals surface area contributed by atoms with Crippen molar-refractivity contribution in [2.24, 2.45) is 0 Å². The average molecular weight is 271 g/mol. The van der Waals surface area contributed by atoms with Crippen LogP contribution in [0.15, 0.2) is 36.9 Å². The van der Waals surface area contributed by atoms with E-state index in [2.05, 4.69) is 15.3 Å². The molecule has 0 aliphatic carbocycles. The molecule has 0 amide bonds. The van der Waals surface area contributed by atoms with Gasteiger partial charge in [0.2, 0.25) is 0 Å². The molecule has 0 unspecified atom stereocenters. The summed E-state index contributed by atoms with van der Waals surface area (Å²) in [5.41, 5.74) is -0.380. The molecule has 0 atom stereocenters. The lowest BCUT2D eigenvalue weighted by Gasteiger charge is -2.11. The fourth-order valence-electron chi connectivity index (χ4n) is 1.49. The molecule has 0 fully saturated rings. The molecule has 3 nitrogen and oxygen atoms in total.